The summed E-state index contributed by atoms with van der Waals surface area (Å²) < 4.78 is 24.1. The van der Waals surface area contributed by atoms with Crippen molar-refractivity contribution >= 4 is 33.7 Å². The Morgan fingerprint density at radius 2 is 2.20 bits per heavy atom. The van der Waals surface area contributed by atoms with E-state index in [2.05, 4.69) is 4.72 Å². The zero-order chi connectivity index (χ0) is 14.9. The van der Waals surface area contributed by atoms with Gasteiger partial charge in [0, 0.05) is 11.4 Å². The second-order valence-electron chi connectivity index (χ2n) is 4.74. The number of nitrogens with zero attached hydrogens (tertiary/aromatic N) is 1. The molecule has 0 aliphatic carbocycles. The molecule has 0 unspecified atom stereocenters. The van der Waals surface area contributed by atoms with Crippen molar-refractivity contribution in [2.45, 2.75) is 31.1 Å². The molecule has 0 spiro atoms. The van der Waals surface area contributed by atoms with Gasteiger partial charge in [-0.25, -0.2) is 17.9 Å². The number of β-lactam (4-membered cyclic amide) rings is 1. The number of carboxylic acid groups (broad SMARTS) is 1. The molecule has 1 amide bonds. The van der Waals surface area contributed by atoms with E-state index in [1.54, 1.807) is 0 Å². The number of fused-ring (bicyclic) bond motifs is 1. The molecule has 0 radical (unpaired) electrons. The molecule has 20 heavy (non-hydrogen) atoms. The maximum atomic E-state index is 11.4. The number of allylic oxidation sites excluding steroid dienone is 1. The topological polar surface area (TPSA) is 104 Å². The van der Waals surface area contributed by atoms with E-state index in [0.29, 0.717) is 37.1 Å². The summed E-state index contributed by atoms with van der Waals surface area (Å²) in [7, 11) is -3.18. The fraction of sp³-hybridized carbons (Fsp3) is 0.636. The highest BCUT2D eigenvalue weighted by molar-refractivity contribution is 8.04. The van der Waals surface area contributed by atoms with Crippen molar-refractivity contribution in [1.29, 1.82) is 0 Å². The standard InChI is InChI=1S/C11H16N2O5S2/c1-20(17,18)12-5-3-2-4-7-10(11(15)16)13-8(14)6-9(13)19-7/h9,12H,2-6H2,1H3,(H,15,16)/t9-/m1/s1. The first-order chi connectivity index (χ1) is 9.29. The third-order valence-electron chi connectivity index (χ3n) is 3.09. The van der Waals surface area contributed by atoms with Gasteiger partial charge in [0.05, 0.1) is 18.1 Å². The monoisotopic (exact) mass is 320 g/mol. The van der Waals surface area contributed by atoms with E-state index in [-0.39, 0.29) is 17.0 Å². The number of sulfonamides is 1. The number of carboxylic acids is 1. The van der Waals surface area contributed by atoms with E-state index in [0.717, 1.165) is 6.26 Å². The molecule has 9 heteroatoms. The normalized spacial score (nSPS) is 21.9. The predicted molar refractivity (Wildman–Crippen MR) is 74.2 cm³/mol. The van der Waals surface area contributed by atoms with E-state index < -0.39 is 16.0 Å². The Morgan fingerprint density at radius 1 is 1.50 bits per heavy atom. The molecule has 0 saturated carbocycles. The van der Waals surface area contributed by atoms with Crippen LogP contribution < -0.4 is 4.72 Å². The number of carbonyl (C=O) groups excluding carboxylic acids is 1. The van der Waals surface area contributed by atoms with Gasteiger partial charge in [0.2, 0.25) is 15.9 Å². The van der Waals surface area contributed by atoms with Gasteiger partial charge in [0.1, 0.15) is 5.70 Å². The summed E-state index contributed by atoms with van der Waals surface area (Å²) in [5.74, 6) is -1.22. The molecule has 2 rings (SSSR count). The molecule has 0 aromatic heterocycles. The molecule has 1 saturated heterocycles. The molecule has 0 aromatic carbocycles. The Hall–Kier alpha value is -1.06. The molecule has 1 atom stereocenters. The lowest BCUT2D eigenvalue weighted by Gasteiger charge is -2.33. The lowest BCUT2D eigenvalue weighted by atomic mass is 10.1. The van der Waals surface area contributed by atoms with Gasteiger partial charge < -0.3 is 5.11 Å². The molecule has 112 valence electrons. The number of carbonyl (C=O) groups is 2. The summed E-state index contributed by atoms with van der Waals surface area (Å²) in [6, 6.07) is 0. The maximum Gasteiger partial charge on any atom is 0.353 e. The molecule has 2 heterocycles. The minimum atomic E-state index is -3.18. The molecule has 1 fully saturated rings. The van der Waals surface area contributed by atoms with E-state index in [9.17, 15) is 23.1 Å². The predicted octanol–water partition coefficient (Wildman–Crippen LogP) is 0.307. The smallest absolute Gasteiger partial charge is 0.353 e. The van der Waals surface area contributed by atoms with E-state index in [1.165, 1.54) is 16.7 Å². The zero-order valence-corrected chi connectivity index (χ0v) is 12.6. The Bertz CT molecular complexity index is 569. The number of hydrogen-bond acceptors (Lipinski definition) is 5. The molecule has 2 aliphatic heterocycles. The second-order valence-corrected chi connectivity index (χ2v) is 7.85. The van der Waals surface area contributed by atoms with Crippen molar-refractivity contribution in [1.82, 2.24) is 9.62 Å². The van der Waals surface area contributed by atoms with Crippen LogP contribution in [0, 0.1) is 0 Å². The number of aliphatic carboxylic acids is 1. The highest BCUT2D eigenvalue weighted by atomic mass is 32.2. The van der Waals surface area contributed by atoms with Crippen LogP contribution in [0.4, 0.5) is 0 Å². The van der Waals surface area contributed by atoms with Crippen molar-refractivity contribution in [2.24, 2.45) is 0 Å². The molecule has 2 aliphatic rings. The van der Waals surface area contributed by atoms with Crippen LogP contribution in [0.5, 0.6) is 0 Å². The summed E-state index contributed by atoms with van der Waals surface area (Å²) in [5, 5.41) is 9.12. The maximum absolute atomic E-state index is 11.4. The molecular formula is C11H16N2O5S2. The lowest BCUT2D eigenvalue weighted by molar-refractivity contribution is -0.145. The Morgan fingerprint density at radius 3 is 2.75 bits per heavy atom. The van der Waals surface area contributed by atoms with Gasteiger partial charge in [-0.3, -0.25) is 9.69 Å². The van der Waals surface area contributed by atoms with Crippen LogP contribution >= 0.6 is 11.8 Å². The van der Waals surface area contributed by atoms with Gasteiger partial charge in [0.25, 0.3) is 0 Å². The molecular weight excluding hydrogens is 304 g/mol. The third-order valence-corrected chi connectivity index (χ3v) is 5.15. The van der Waals surface area contributed by atoms with Crippen molar-refractivity contribution in [3.63, 3.8) is 0 Å². The first kappa shape index (κ1) is 15.3. The van der Waals surface area contributed by atoms with Gasteiger partial charge in [-0.1, -0.05) is 0 Å². The van der Waals surface area contributed by atoms with Gasteiger partial charge in [-0.05, 0) is 19.3 Å². The fourth-order valence-corrected chi connectivity index (χ4v) is 4.13. The SMILES string of the molecule is CS(=O)(=O)NCCCCC1=C(C(=O)O)N2C(=O)C[C@H]2S1. The number of nitrogens with one attached hydrogen (secondary N) is 1. The van der Waals surface area contributed by atoms with Crippen LogP contribution in [0.2, 0.25) is 0 Å². The first-order valence-corrected chi connectivity index (χ1v) is 8.96. The summed E-state index contributed by atoms with van der Waals surface area (Å²) in [4.78, 5) is 24.7. The van der Waals surface area contributed by atoms with Gasteiger partial charge in [-0.2, -0.15) is 0 Å². The number of thioether (sulfide) groups is 1. The quantitative estimate of drug-likeness (QED) is 0.517. The Kier molecular flexibility index (Phi) is 4.40. The van der Waals surface area contributed by atoms with Crippen LogP contribution in [0.25, 0.3) is 0 Å². The van der Waals surface area contributed by atoms with Gasteiger partial charge >= 0.3 is 5.97 Å². The lowest BCUT2D eigenvalue weighted by Crippen LogP contribution is -2.48. The van der Waals surface area contributed by atoms with Crippen molar-refractivity contribution < 1.29 is 23.1 Å². The Labute approximate surface area is 121 Å². The zero-order valence-electron chi connectivity index (χ0n) is 11.0. The third kappa shape index (κ3) is 3.33. The number of rotatable bonds is 7. The summed E-state index contributed by atoms with van der Waals surface area (Å²) in [5.41, 5.74) is 0.104. The summed E-state index contributed by atoms with van der Waals surface area (Å²) in [6.07, 6.45) is 3.35. The fourth-order valence-electron chi connectivity index (χ4n) is 2.17. The van der Waals surface area contributed by atoms with E-state index >= 15 is 0 Å². The summed E-state index contributed by atoms with van der Waals surface area (Å²) >= 11 is 1.43. The van der Waals surface area contributed by atoms with Crippen LogP contribution in [-0.2, 0) is 19.6 Å². The minimum Gasteiger partial charge on any atom is -0.477 e. The van der Waals surface area contributed by atoms with Crippen LogP contribution in [0.15, 0.2) is 10.6 Å². The minimum absolute atomic E-state index is 0.0576. The molecule has 2 N–H and O–H groups in total. The molecule has 7 nitrogen and oxygen atoms in total. The van der Waals surface area contributed by atoms with Crippen molar-refractivity contribution in [3.8, 4) is 0 Å². The van der Waals surface area contributed by atoms with Crippen LogP contribution in [-0.4, -0.2) is 48.5 Å². The molecule has 0 aromatic rings. The molecule has 0 bridgehead atoms. The van der Waals surface area contributed by atoms with E-state index in [1.807, 2.05) is 0 Å². The average Bonchev–Trinajstić information content (AvgIpc) is 2.60. The van der Waals surface area contributed by atoms with Crippen LogP contribution in [0.1, 0.15) is 25.7 Å². The van der Waals surface area contributed by atoms with E-state index in [4.69, 9.17) is 0 Å². The highest BCUT2D eigenvalue weighted by Gasteiger charge is 2.47. The van der Waals surface area contributed by atoms with Crippen molar-refractivity contribution in [2.75, 3.05) is 12.8 Å². The van der Waals surface area contributed by atoms with Gasteiger partial charge in [-0.15, -0.1) is 11.8 Å². The van der Waals surface area contributed by atoms with Gasteiger partial charge in [0.15, 0.2) is 0 Å². The number of hydrogen-bond donors (Lipinski definition) is 2. The Balaban J connectivity index is 1.86. The highest BCUT2D eigenvalue weighted by Crippen LogP contribution is 2.47. The largest absolute Gasteiger partial charge is 0.477 e. The summed E-state index contributed by atoms with van der Waals surface area (Å²) in [6.45, 7) is 0.339. The number of unbranched alkanes of at least 4 members (excludes halogenated alkanes) is 1. The van der Waals surface area contributed by atoms with Crippen molar-refractivity contribution in [3.05, 3.63) is 10.6 Å². The second kappa shape index (κ2) is 5.74. The average molecular weight is 320 g/mol. The first-order valence-electron chi connectivity index (χ1n) is 6.19. The van der Waals surface area contributed by atoms with Crippen LogP contribution in [0.3, 0.4) is 0 Å². The number of amides is 1.